The SMILES string of the molecule is CCn1nc(-c2cccc(-c3cccc(C(=O)NCCN(C)CCO)c3)c2)cc(NC(=O)Nc2c(Cl)cncc2Cl)c1=O. The van der Waals surface area contributed by atoms with Gasteiger partial charge in [-0.2, -0.15) is 5.10 Å². The highest BCUT2D eigenvalue weighted by Crippen LogP contribution is 2.29. The molecule has 0 aliphatic rings. The summed E-state index contributed by atoms with van der Waals surface area (Å²) in [4.78, 5) is 44.3. The van der Waals surface area contributed by atoms with Crippen LogP contribution in [0.25, 0.3) is 22.4 Å². The molecule has 2 aromatic heterocycles. The van der Waals surface area contributed by atoms with Gasteiger partial charge in [-0.15, -0.1) is 0 Å². The van der Waals surface area contributed by atoms with E-state index in [2.05, 4.69) is 26.0 Å². The Bertz CT molecular complexity index is 1660. The molecule has 3 amide bonds. The van der Waals surface area contributed by atoms with Crippen molar-refractivity contribution in [2.45, 2.75) is 13.5 Å². The highest BCUT2D eigenvalue weighted by molar-refractivity contribution is 6.39. The van der Waals surface area contributed by atoms with Crippen molar-refractivity contribution >= 4 is 46.5 Å². The van der Waals surface area contributed by atoms with Crippen LogP contribution in [0.1, 0.15) is 17.3 Å². The highest BCUT2D eigenvalue weighted by atomic mass is 35.5. The van der Waals surface area contributed by atoms with Crippen LogP contribution in [0.3, 0.4) is 0 Å². The van der Waals surface area contributed by atoms with E-state index in [9.17, 15) is 14.4 Å². The Morgan fingerprint density at radius 1 is 0.953 bits per heavy atom. The number of hydrogen-bond acceptors (Lipinski definition) is 7. The van der Waals surface area contributed by atoms with Gasteiger partial charge in [0, 0.05) is 49.7 Å². The monoisotopic (exact) mass is 623 g/mol. The lowest BCUT2D eigenvalue weighted by Gasteiger charge is -2.15. The molecule has 0 aliphatic carbocycles. The Balaban J connectivity index is 1.56. The molecule has 0 fully saturated rings. The van der Waals surface area contributed by atoms with Gasteiger partial charge in [0.05, 0.1) is 28.0 Å². The highest BCUT2D eigenvalue weighted by Gasteiger charge is 2.16. The Labute approximate surface area is 258 Å². The van der Waals surface area contributed by atoms with Crippen molar-refractivity contribution in [1.29, 1.82) is 0 Å². The molecule has 0 atom stereocenters. The predicted molar refractivity (Wildman–Crippen MR) is 169 cm³/mol. The van der Waals surface area contributed by atoms with Crippen LogP contribution >= 0.6 is 23.2 Å². The lowest BCUT2D eigenvalue weighted by atomic mass is 9.99. The number of carbonyl (C=O) groups excluding carboxylic acids is 2. The van der Waals surface area contributed by atoms with E-state index in [1.54, 1.807) is 19.1 Å². The quantitative estimate of drug-likeness (QED) is 0.191. The van der Waals surface area contributed by atoms with Gasteiger partial charge in [-0.1, -0.05) is 53.5 Å². The van der Waals surface area contributed by atoms with E-state index in [1.807, 2.05) is 48.3 Å². The van der Waals surface area contributed by atoms with E-state index in [4.69, 9.17) is 28.3 Å². The summed E-state index contributed by atoms with van der Waals surface area (Å²) in [6.45, 7) is 3.71. The molecule has 0 saturated carbocycles. The molecule has 0 bridgehead atoms. The molecule has 4 N–H and O–H groups in total. The number of hydrogen-bond donors (Lipinski definition) is 4. The van der Waals surface area contributed by atoms with Crippen molar-refractivity contribution in [3.05, 3.63) is 93.0 Å². The first kappa shape index (κ1) is 31.6. The van der Waals surface area contributed by atoms with Crippen molar-refractivity contribution in [2.24, 2.45) is 0 Å². The number of aliphatic hydroxyl groups is 1. The van der Waals surface area contributed by atoms with Gasteiger partial charge in [0.2, 0.25) is 0 Å². The predicted octanol–water partition coefficient (Wildman–Crippen LogP) is 4.60. The van der Waals surface area contributed by atoms with Gasteiger partial charge in [-0.25, -0.2) is 9.48 Å². The number of amides is 3. The number of aryl methyl sites for hydroxylation is 1. The summed E-state index contributed by atoms with van der Waals surface area (Å²) in [6, 6.07) is 15.6. The van der Waals surface area contributed by atoms with Crippen molar-refractivity contribution < 1.29 is 14.7 Å². The zero-order chi connectivity index (χ0) is 30.9. The molecule has 0 radical (unpaired) electrons. The van der Waals surface area contributed by atoms with Gasteiger partial charge >= 0.3 is 6.03 Å². The minimum absolute atomic E-state index is 0.0133. The van der Waals surface area contributed by atoms with Crippen LogP contribution in [0.4, 0.5) is 16.2 Å². The zero-order valence-electron chi connectivity index (χ0n) is 23.6. The van der Waals surface area contributed by atoms with E-state index in [0.717, 1.165) is 11.1 Å². The topological polar surface area (TPSA) is 141 Å². The molecule has 4 aromatic rings. The molecular formula is C30H31Cl2N7O4. The van der Waals surface area contributed by atoms with Crippen LogP contribution in [-0.4, -0.2) is 70.0 Å². The van der Waals surface area contributed by atoms with E-state index < -0.39 is 11.6 Å². The standard InChI is InChI=1S/C30H31Cl2N7O4/c1-3-39-29(42)26(35-30(43)36-27-23(31)17-33-18-24(27)32)16-25(37-39)21-8-4-6-19(14-21)20-7-5-9-22(15-20)28(41)34-10-11-38(2)12-13-40/h4-9,14-18,40H,3,10-13H2,1-2H3,(H,34,41)(H2,33,35,36,43). The van der Waals surface area contributed by atoms with Crippen LogP contribution in [0.5, 0.6) is 0 Å². The number of nitrogens with one attached hydrogen (secondary N) is 3. The number of aliphatic hydroxyl groups excluding tert-OH is 1. The second-order valence-electron chi connectivity index (χ2n) is 9.57. The number of anilines is 2. The van der Waals surface area contributed by atoms with Crippen LogP contribution in [0.2, 0.25) is 10.0 Å². The number of carbonyl (C=O) groups is 2. The normalized spacial score (nSPS) is 10.9. The van der Waals surface area contributed by atoms with Gasteiger partial charge in [-0.05, 0) is 49.4 Å². The molecule has 13 heteroatoms. The third-order valence-corrected chi connectivity index (χ3v) is 7.06. The van der Waals surface area contributed by atoms with Crippen molar-refractivity contribution in [3.63, 3.8) is 0 Å². The number of halogens is 2. The average Bonchev–Trinajstić information content (AvgIpc) is 3.00. The Kier molecular flexibility index (Phi) is 10.8. The molecule has 11 nitrogen and oxygen atoms in total. The average molecular weight is 625 g/mol. The number of rotatable bonds is 11. The smallest absolute Gasteiger partial charge is 0.323 e. The zero-order valence-corrected chi connectivity index (χ0v) is 25.1. The molecule has 224 valence electrons. The first-order valence-electron chi connectivity index (χ1n) is 13.5. The summed E-state index contributed by atoms with van der Waals surface area (Å²) in [5.41, 5.74) is 3.02. The fourth-order valence-corrected chi connectivity index (χ4v) is 4.69. The fraction of sp³-hybridized carbons (Fsp3) is 0.233. The summed E-state index contributed by atoms with van der Waals surface area (Å²) in [5.74, 6) is -0.199. The van der Waals surface area contributed by atoms with E-state index in [0.29, 0.717) is 36.5 Å². The summed E-state index contributed by atoms with van der Waals surface area (Å²) in [5, 5.41) is 21.8. The summed E-state index contributed by atoms with van der Waals surface area (Å²) in [7, 11) is 1.87. The molecule has 2 aromatic carbocycles. The van der Waals surface area contributed by atoms with Crippen molar-refractivity contribution in [1.82, 2.24) is 25.0 Å². The molecule has 0 spiro atoms. The summed E-state index contributed by atoms with van der Waals surface area (Å²) >= 11 is 12.2. The fourth-order valence-electron chi connectivity index (χ4n) is 4.23. The molecule has 0 saturated heterocycles. The van der Waals surface area contributed by atoms with Gasteiger partial charge in [0.25, 0.3) is 11.5 Å². The van der Waals surface area contributed by atoms with Crippen LogP contribution in [0.15, 0.2) is 71.8 Å². The van der Waals surface area contributed by atoms with Crippen molar-refractivity contribution in [2.75, 3.05) is 43.9 Å². The lowest BCUT2D eigenvalue weighted by Crippen LogP contribution is -2.34. The van der Waals surface area contributed by atoms with Crippen molar-refractivity contribution in [3.8, 4) is 22.4 Å². The molecule has 43 heavy (non-hydrogen) atoms. The minimum atomic E-state index is -0.712. The third-order valence-electron chi connectivity index (χ3n) is 6.49. The Hall–Kier alpha value is -4.29. The van der Waals surface area contributed by atoms with Gasteiger partial charge in [-0.3, -0.25) is 14.6 Å². The maximum Gasteiger partial charge on any atom is 0.323 e. The third kappa shape index (κ3) is 8.17. The summed E-state index contributed by atoms with van der Waals surface area (Å²) < 4.78 is 1.26. The molecule has 4 rings (SSSR count). The van der Waals surface area contributed by atoms with Crippen LogP contribution in [0, 0.1) is 0 Å². The van der Waals surface area contributed by atoms with Gasteiger partial charge < -0.3 is 26.0 Å². The lowest BCUT2D eigenvalue weighted by molar-refractivity contribution is 0.0949. The number of benzene rings is 2. The molecular weight excluding hydrogens is 593 g/mol. The number of urea groups is 1. The van der Waals surface area contributed by atoms with Gasteiger partial charge in [0.1, 0.15) is 5.69 Å². The number of aromatic nitrogens is 3. The maximum atomic E-state index is 13.0. The van der Waals surface area contributed by atoms with E-state index in [-0.39, 0.29) is 40.5 Å². The molecule has 0 aliphatic heterocycles. The second-order valence-corrected chi connectivity index (χ2v) is 10.4. The van der Waals surface area contributed by atoms with E-state index in [1.165, 1.54) is 23.1 Å². The maximum absolute atomic E-state index is 13.0. The van der Waals surface area contributed by atoms with E-state index >= 15 is 0 Å². The molecule has 2 heterocycles. The number of nitrogens with zero attached hydrogens (tertiary/aromatic N) is 4. The largest absolute Gasteiger partial charge is 0.395 e. The van der Waals surface area contributed by atoms with Crippen LogP contribution in [-0.2, 0) is 6.54 Å². The summed E-state index contributed by atoms with van der Waals surface area (Å²) in [6.07, 6.45) is 2.68. The van der Waals surface area contributed by atoms with Crippen LogP contribution < -0.4 is 21.5 Å². The number of likely N-dealkylation sites (N-methyl/N-ethyl adjacent to an activating group) is 1. The Morgan fingerprint density at radius 3 is 2.33 bits per heavy atom. The second kappa shape index (κ2) is 14.7. The number of pyridine rings is 1. The Morgan fingerprint density at radius 2 is 1.63 bits per heavy atom. The molecule has 0 unspecified atom stereocenters. The first-order valence-corrected chi connectivity index (χ1v) is 14.2. The minimum Gasteiger partial charge on any atom is -0.395 e. The van der Waals surface area contributed by atoms with Gasteiger partial charge in [0.15, 0.2) is 0 Å². The first-order chi connectivity index (χ1) is 20.7.